The number of ketones is 4. The van der Waals surface area contributed by atoms with E-state index in [4.69, 9.17) is 5.73 Å². The minimum absolute atomic E-state index is 0.0431. The predicted octanol–water partition coefficient (Wildman–Crippen LogP) is 1.18. The van der Waals surface area contributed by atoms with Gasteiger partial charge in [-0.25, -0.2) is 0 Å². The summed E-state index contributed by atoms with van der Waals surface area (Å²) in [5.74, 6) is -12.2. The number of hydrogen-bond acceptors (Lipinski definition) is 11. The van der Waals surface area contributed by atoms with Crippen LogP contribution in [0.3, 0.4) is 0 Å². The number of rotatable bonds is 10. The second-order valence-corrected chi connectivity index (χ2v) is 11.9. The van der Waals surface area contributed by atoms with Crippen molar-refractivity contribution < 1.29 is 39.1 Å². The second kappa shape index (κ2) is 11.5. The van der Waals surface area contributed by atoms with Crippen LogP contribution >= 0.6 is 0 Å². The van der Waals surface area contributed by atoms with Crippen molar-refractivity contribution in [3.05, 3.63) is 27.3 Å². The first kappa shape index (κ1) is 31.2. The molecule has 6 atom stereocenters. The van der Waals surface area contributed by atoms with Gasteiger partial charge in [0, 0.05) is 30.8 Å². The molecule has 1 aromatic rings. The zero-order valence-electron chi connectivity index (χ0n) is 24.3. The quantitative estimate of drug-likeness (QED) is 0.202. The van der Waals surface area contributed by atoms with Crippen molar-refractivity contribution in [2.24, 2.45) is 29.4 Å². The van der Waals surface area contributed by atoms with Crippen LogP contribution in [0.2, 0.25) is 0 Å². The summed E-state index contributed by atoms with van der Waals surface area (Å²) in [7, 11) is 3.03. The highest BCUT2D eigenvalue weighted by atomic mass is 16.6. The Hall–Kier alpha value is -3.71. The number of aliphatic hydroxyl groups is 1. The predicted molar refractivity (Wildman–Crippen MR) is 150 cm³/mol. The summed E-state index contributed by atoms with van der Waals surface area (Å²) in [6, 6.07) is 0.0592. The number of benzene rings is 1. The Morgan fingerprint density at radius 1 is 1.12 bits per heavy atom. The van der Waals surface area contributed by atoms with Gasteiger partial charge < -0.3 is 20.8 Å². The van der Waals surface area contributed by atoms with Gasteiger partial charge in [-0.1, -0.05) is 26.7 Å². The number of aromatic hydroxyl groups is 1. The fourth-order valence-corrected chi connectivity index (χ4v) is 7.11. The number of likely N-dealkylation sites (N-methyl/N-ethyl adjacent to an activating group) is 1. The molecule has 3 aliphatic rings. The molecule has 2 saturated carbocycles. The molecule has 0 saturated heterocycles. The number of carbonyl (C=O) groups excluding carboxylic acids is 5. The van der Waals surface area contributed by atoms with E-state index >= 15 is 0 Å². The molecule has 13 heteroatoms. The molecule has 0 heterocycles. The molecule has 0 radical (unpaired) electrons. The van der Waals surface area contributed by atoms with E-state index in [0.717, 1.165) is 25.7 Å². The zero-order chi connectivity index (χ0) is 31.3. The highest BCUT2D eigenvalue weighted by molar-refractivity contribution is 6.32. The van der Waals surface area contributed by atoms with Crippen LogP contribution < -0.4 is 10.6 Å². The summed E-state index contributed by atoms with van der Waals surface area (Å²) in [5.41, 5.74) is 2.22. The molecule has 4 N–H and O–H groups in total. The number of unbranched alkanes of at least 4 members (excludes halogenated alkanes) is 2. The molecule has 42 heavy (non-hydrogen) atoms. The average Bonchev–Trinajstić information content (AvgIpc) is 2.90. The second-order valence-electron chi connectivity index (χ2n) is 11.9. The zero-order valence-corrected chi connectivity index (χ0v) is 24.3. The minimum Gasteiger partial charge on any atom is -0.502 e. The minimum atomic E-state index is -2.86. The van der Waals surface area contributed by atoms with Gasteiger partial charge in [0.05, 0.1) is 22.4 Å². The maximum absolute atomic E-state index is 14.1. The number of primary amides is 1. The third kappa shape index (κ3) is 4.68. The molecule has 3 aliphatic carbocycles. The van der Waals surface area contributed by atoms with Crippen molar-refractivity contribution in [3.63, 3.8) is 0 Å². The van der Waals surface area contributed by atoms with Crippen molar-refractivity contribution in [2.45, 2.75) is 64.0 Å². The molecule has 1 amide bonds. The Bertz CT molecular complexity index is 1350. The lowest BCUT2D eigenvalue weighted by molar-refractivity contribution is -0.385. The van der Waals surface area contributed by atoms with Crippen molar-refractivity contribution >= 4 is 40.4 Å². The number of nitrogens with two attached hydrogens (primary N) is 1. The molecule has 0 aliphatic heterocycles. The Morgan fingerprint density at radius 2 is 1.71 bits per heavy atom. The van der Waals surface area contributed by atoms with Gasteiger partial charge in [-0.2, -0.15) is 0 Å². The molecule has 0 aromatic heterocycles. The molecule has 0 spiro atoms. The van der Waals surface area contributed by atoms with Crippen LogP contribution in [0.5, 0.6) is 5.75 Å². The SMILES string of the molecule is CCCCN(CCCC)c1cc([N+](=O)[O-])c(O)c2c1CC1CC3[C@H](N(C)C)C(=O)C(C(N)=O)C(=O)[C@@]3(O)C(=O)C1C2=O. The number of Topliss-reactive ketones (excluding diaryl/α,β-unsaturated/α-hetero) is 4. The molecule has 0 bridgehead atoms. The number of anilines is 1. The maximum atomic E-state index is 14.1. The van der Waals surface area contributed by atoms with E-state index in [1.165, 1.54) is 25.1 Å². The number of hydrogen-bond donors (Lipinski definition) is 3. The summed E-state index contributed by atoms with van der Waals surface area (Å²) in [6.07, 6.45) is 3.20. The van der Waals surface area contributed by atoms with Crippen LogP contribution in [0.1, 0.15) is 61.9 Å². The number of nitrogens with zero attached hydrogens (tertiary/aromatic N) is 3. The van der Waals surface area contributed by atoms with Gasteiger partial charge in [-0.05, 0) is 51.3 Å². The van der Waals surface area contributed by atoms with Gasteiger partial charge in [0.2, 0.25) is 11.7 Å². The normalized spacial score (nSPS) is 28.8. The Kier molecular flexibility index (Phi) is 8.57. The fraction of sp³-hybridized carbons (Fsp3) is 0.621. The Morgan fingerprint density at radius 3 is 2.21 bits per heavy atom. The van der Waals surface area contributed by atoms with Crippen LogP contribution in [-0.2, 0) is 25.6 Å². The molecule has 1 aromatic carbocycles. The molecular formula is C29H38N4O9. The van der Waals surface area contributed by atoms with Gasteiger partial charge in [0.15, 0.2) is 34.7 Å². The van der Waals surface area contributed by atoms with E-state index in [9.17, 15) is 44.3 Å². The average molecular weight is 587 g/mol. The number of nitro benzene ring substituents is 1. The fourth-order valence-electron chi connectivity index (χ4n) is 7.11. The van der Waals surface area contributed by atoms with E-state index in [1.807, 2.05) is 18.7 Å². The van der Waals surface area contributed by atoms with E-state index < -0.39 is 80.7 Å². The van der Waals surface area contributed by atoms with Crippen molar-refractivity contribution in [2.75, 3.05) is 32.1 Å². The van der Waals surface area contributed by atoms with E-state index in [-0.39, 0.29) is 18.4 Å². The Labute approximate surface area is 243 Å². The number of phenolic OH excluding ortho intramolecular Hbond substituents is 1. The van der Waals surface area contributed by atoms with Gasteiger partial charge in [0.1, 0.15) is 0 Å². The lowest BCUT2D eigenvalue weighted by atomic mass is 9.52. The lowest BCUT2D eigenvalue weighted by Crippen LogP contribution is -2.74. The summed E-state index contributed by atoms with van der Waals surface area (Å²) in [5, 5.41) is 34.7. The van der Waals surface area contributed by atoms with Gasteiger partial charge in [0.25, 0.3) is 0 Å². The summed E-state index contributed by atoms with van der Waals surface area (Å²) in [4.78, 5) is 81.5. The number of fused-ring (bicyclic) bond motifs is 3. The highest BCUT2D eigenvalue weighted by Crippen LogP contribution is 2.53. The van der Waals surface area contributed by atoms with Gasteiger partial charge in [-0.15, -0.1) is 0 Å². The van der Waals surface area contributed by atoms with E-state index in [1.54, 1.807) is 0 Å². The maximum Gasteiger partial charge on any atom is 0.313 e. The number of phenols is 1. The molecular weight excluding hydrogens is 548 g/mol. The van der Waals surface area contributed by atoms with Crippen LogP contribution in [0.25, 0.3) is 0 Å². The van der Waals surface area contributed by atoms with E-state index in [0.29, 0.717) is 24.3 Å². The molecule has 2 fully saturated rings. The van der Waals surface area contributed by atoms with Crippen molar-refractivity contribution in [1.82, 2.24) is 4.90 Å². The topological polar surface area (TPSA) is 201 Å². The number of nitro groups is 1. The van der Waals surface area contributed by atoms with Crippen LogP contribution in [-0.4, -0.2) is 87.9 Å². The number of amides is 1. The van der Waals surface area contributed by atoms with Gasteiger partial charge in [-0.3, -0.25) is 39.0 Å². The van der Waals surface area contributed by atoms with E-state index in [2.05, 4.69) is 0 Å². The summed E-state index contributed by atoms with van der Waals surface area (Å²) < 4.78 is 0. The van der Waals surface area contributed by atoms with Crippen molar-refractivity contribution in [3.8, 4) is 5.75 Å². The summed E-state index contributed by atoms with van der Waals surface area (Å²) >= 11 is 0. The van der Waals surface area contributed by atoms with Crippen molar-refractivity contribution in [1.29, 1.82) is 0 Å². The first-order chi connectivity index (χ1) is 19.7. The number of carbonyl (C=O) groups is 5. The van der Waals surface area contributed by atoms with Gasteiger partial charge >= 0.3 is 5.69 Å². The monoisotopic (exact) mass is 586 g/mol. The largest absolute Gasteiger partial charge is 0.502 e. The molecule has 4 rings (SSSR count). The molecule has 13 nitrogen and oxygen atoms in total. The third-order valence-electron chi connectivity index (χ3n) is 9.12. The standard InChI is InChI=1S/C29H38N4O9/c1-5-7-9-32(10-8-6-2)17-13-18(33(41)42)23(34)20-15(17)11-14-12-16-22(31(3)4)25(36)21(28(30)39)27(38)29(16,40)26(37)19(14)24(20)35/h13-14,16,19,21-22,34,40H,5-12H2,1-4H3,(H2,30,39)/t14?,16?,19?,21?,22-,29-/m0/s1. The smallest absolute Gasteiger partial charge is 0.313 e. The van der Waals surface area contributed by atoms with Crippen LogP contribution in [0, 0.1) is 33.8 Å². The lowest BCUT2D eigenvalue weighted by Gasteiger charge is -2.52. The first-order valence-corrected chi connectivity index (χ1v) is 14.4. The molecule has 4 unspecified atom stereocenters. The Balaban J connectivity index is 1.91. The molecule has 228 valence electrons. The highest BCUT2D eigenvalue weighted by Gasteiger charge is 2.69. The van der Waals surface area contributed by atoms with Crippen LogP contribution in [0.4, 0.5) is 11.4 Å². The first-order valence-electron chi connectivity index (χ1n) is 14.4. The summed E-state index contributed by atoms with van der Waals surface area (Å²) in [6.45, 7) is 5.11. The van der Waals surface area contributed by atoms with Crippen LogP contribution in [0.15, 0.2) is 6.07 Å². The third-order valence-corrected chi connectivity index (χ3v) is 9.12.